The van der Waals surface area contributed by atoms with Gasteiger partial charge in [0, 0.05) is 6.07 Å². The van der Waals surface area contributed by atoms with E-state index in [-0.39, 0.29) is 11.5 Å². The Bertz CT molecular complexity index is 511. The molecule has 0 fully saturated rings. The highest BCUT2D eigenvalue weighted by atomic mass is 32.1. The molecule has 3 nitrogen and oxygen atoms in total. The molecular formula is C12H16FNO2S. The molecule has 0 saturated carbocycles. The maximum absolute atomic E-state index is 13.7. The van der Waals surface area contributed by atoms with E-state index >= 15 is 0 Å². The first-order valence-electron chi connectivity index (χ1n) is 5.35. The lowest BCUT2D eigenvalue weighted by atomic mass is 10.3. The van der Waals surface area contributed by atoms with Crippen LogP contribution in [0.25, 0.3) is 10.2 Å². The van der Waals surface area contributed by atoms with E-state index in [1.165, 1.54) is 25.6 Å². The lowest BCUT2D eigenvalue weighted by molar-refractivity contribution is 0.354. The highest BCUT2D eigenvalue weighted by molar-refractivity contribution is 7.18. The molecule has 0 aliphatic carbocycles. The summed E-state index contributed by atoms with van der Waals surface area (Å²) in [7, 11) is 2.85. The van der Waals surface area contributed by atoms with Crippen molar-refractivity contribution >= 4 is 21.6 Å². The first kappa shape index (κ1) is 13.7. The molecule has 0 bridgehead atoms. The molecule has 0 atom stereocenters. The Morgan fingerprint density at radius 3 is 2.41 bits per heavy atom. The molecule has 0 aliphatic heterocycles. The molecular weight excluding hydrogens is 241 g/mol. The molecule has 17 heavy (non-hydrogen) atoms. The van der Waals surface area contributed by atoms with E-state index in [1.54, 1.807) is 6.07 Å². The van der Waals surface area contributed by atoms with Gasteiger partial charge in [-0.1, -0.05) is 13.8 Å². The van der Waals surface area contributed by atoms with Crippen molar-refractivity contribution in [1.82, 2.24) is 4.98 Å². The van der Waals surface area contributed by atoms with E-state index in [2.05, 4.69) is 4.98 Å². The van der Waals surface area contributed by atoms with Crippen LogP contribution < -0.4 is 9.47 Å². The number of nitrogens with zero attached hydrogens (tertiary/aromatic N) is 1. The van der Waals surface area contributed by atoms with Gasteiger partial charge in [0.15, 0.2) is 11.5 Å². The van der Waals surface area contributed by atoms with Crippen LogP contribution in [0.4, 0.5) is 4.39 Å². The van der Waals surface area contributed by atoms with Crippen molar-refractivity contribution in [2.75, 3.05) is 14.2 Å². The van der Waals surface area contributed by atoms with Crippen LogP contribution >= 0.6 is 11.3 Å². The van der Waals surface area contributed by atoms with Gasteiger partial charge in [-0.2, -0.15) is 4.39 Å². The van der Waals surface area contributed by atoms with Gasteiger partial charge in [0.05, 0.1) is 23.9 Å². The number of hydrogen-bond acceptors (Lipinski definition) is 4. The summed E-state index contributed by atoms with van der Waals surface area (Å²) in [4.78, 5) is 4.22. The molecule has 94 valence electrons. The zero-order valence-corrected chi connectivity index (χ0v) is 11.4. The molecule has 0 saturated heterocycles. The van der Waals surface area contributed by atoms with Crippen LogP contribution in [-0.4, -0.2) is 19.2 Å². The highest BCUT2D eigenvalue weighted by Gasteiger charge is 2.17. The predicted molar refractivity (Wildman–Crippen MR) is 68.8 cm³/mol. The van der Waals surface area contributed by atoms with Crippen LogP contribution in [0, 0.1) is 12.7 Å². The zero-order chi connectivity index (χ0) is 13.0. The van der Waals surface area contributed by atoms with Crippen molar-refractivity contribution in [2.45, 2.75) is 20.8 Å². The second-order valence-corrected chi connectivity index (χ2v) is 4.24. The standard InChI is InChI=1S/C10H10FNO2S.C2H6/c1-5-12-9-7(15-5)4-6(13-2)8(11)10(9)14-3;1-2/h4H,1-3H3;1-2H3. The smallest absolute Gasteiger partial charge is 0.209 e. The zero-order valence-electron chi connectivity index (χ0n) is 10.6. The van der Waals surface area contributed by atoms with E-state index in [4.69, 9.17) is 9.47 Å². The molecule has 0 radical (unpaired) electrons. The summed E-state index contributed by atoms with van der Waals surface area (Å²) < 4.78 is 24.5. The lowest BCUT2D eigenvalue weighted by Crippen LogP contribution is -1.94. The van der Waals surface area contributed by atoms with Gasteiger partial charge in [0.1, 0.15) is 5.52 Å². The minimum atomic E-state index is -0.502. The Kier molecular flexibility index (Phi) is 4.69. The molecule has 5 heteroatoms. The molecule has 1 aromatic carbocycles. The summed E-state index contributed by atoms with van der Waals surface area (Å²) in [5, 5.41) is 0.871. The fraction of sp³-hybridized carbons (Fsp3) is 0.417. The lowest BCUT2D eigenvalue weighted by Gasteiger charge is -2.06. The summed E-state index contributed by atoms with van der Waals surface area (Å²) in [6, 6.07) is 1.64. The van der Waals surface area contributed by atoms with E-state index in [1.807, 2.05) is 20.8 Å². The van der Waals surface area contributed by atoms with Gasteiger partial charge in [-0.3, -0.25) is 0 Å². The Labute approximate surface area is 104 Å². The van der Waals surface area contributed by atoms with Crippen LogP contribution in [-0.2, 0) is 0 Å². The Hall–Kier alpha value is -1.36. The second kappa shape index (κ2) is 5.82. The van der Waals surface area contributed by atoms with Gasteiger partial charge in [-0.15, -0.1) is 11.3 Å². The van der Waals surface area contributed by atoms with Crippen LogP contribution in [0.1, 0.15) is 18.9 Å². The maximum Gasteiger partial charge on any atom is 0.209 e. The molecule has 0 aliphatic rings. The van der Waals surface area contributed by atoms with Crippen molar-refractivity contribution in [2.24, 2.45) is 0 Å². The first-order chi connectivity index (χ1) is 8.17. The van der Waals surface area contributed by atoms with Crippen molar-refractivity contribution in [3.63, 3.8) is 0 Å². The van der Waals surface area contributed by atoms with Gasteiger partial charge in [-0.05, 0) is 6.92 Å². The van der Waals surface area contributed by atoms with Crippen LogP contribution in [0.3, 0.4) is 0 Å². The largest absolute Gasteiger partial charge is 0.493 e. The Morgan fingerprint density at radius 2 is 1.88 bits per heavy atom. The summed E-state index contributed by atoms with van der Waals surface area (Å²) >= 11 is 1.48. The number of aryl methyl sites for hydroxylation is 1. The molecule has 1 aromatic heterocycles. The van der Waals surface area contributed by atoms with E-state index in [9.17, 15) is 4.39 Å². The molecule has 0 spiro atoms. The SMILES string of the molecule is CC.COc1cc2sc(C)nc2c(OC)c1F. The fourth-order valence-corrected chi connectivity index (χ4v) is 2.29. The molecule has 0 unspecified atom stereocenters. The predicted octanol–water partition coefficient (Wildman–Crippen LogP) is 3.79. The number of halogens is 1. The Balaban J connectivity index is 0.000000686. The third kappa shape index (κ3) is 2.49. The monoisotopic (exact) mass is 257 g/mol. The molecule has 0 amide bonds. The number of fused-ring (bicyclic) bond motifs is 1. The molecule has 2 aromatic rings. The Morgan fingerprint density at radius 1 is 1.24 bits per heavy atom. The average molecular weight is 257 g/mol. The maximum atomic E-state index is 13.7. The van der Waals surface area contributed by atoms with Crippen LogP contribution in [0.15, 0.2) is 6.07 Å². The van der Waals surface area contributed by atoms with E-state index in [0.717, 1.165) is 9.71 Å². The van der Waals surface area contributed by atoms with E-state index < -0.39 is 5.82 Å². The number of methoxy groups -OCH3 is 2. The normalized spacial score (nSPS) is 9.76. The summed E-state index contributed by atoms with van der Waals surface area (Å²) in [6.45, 7) is 5.87. The number of benzene rings is 1. The van der Waals surface area contributed by atoms with Crippen molar-refractivity contribution < 1.29 is 13.9 Å². The van der Waals surface area contributed by atoms with Crippen LogP contribution in [0.5, 0.6) is 11.5 Å². The topological polar surface area (TPSA) is 31.4 Å². The third-order valence-corrected chi connectivity index (χ3v) is 3.00. The minimum absolute atomic E-state index is 0.147. The summed E-state index contributed by atoms with van der Waals surface area (Å²) in [5.74, 6) is -0.172. The second-order valence-electron chi connectivity index (χ2n) is 3.01. The summed E-state index contributed by atoms with van der Waals surface area (Å²) in [5.41, 5.74) is 0.554. The number of hydrogen-bond donors (Lipinski definition) is 0. The van der Waals surface area contributed by atoms with Crippen molar-refractivity contribution in [3.8, 4) is 11.5 Å². The quantitative estimate of drug-likeness (QED) is 0.820. The number of rotatable bonds is 2. The van der Waals surface area contributed by atoms with Gasteiger partial charge >= 0.3 is 0 Å². The third-order valence-electron chi connectivity index (χ3n) is 2.08. The average Bonchev–Trinajstić information content (AvgIpc) is 2.71. The van der Waals surface area contributed by atoms with Gasteiger partial charge in [0.2, 0.25) is 5.82 Å². The molecule has 2 rings (SSSR count). The van der Waals surface area contributed by atoms with Gasteiger partial charge < -0.3 is 9.47 Å². The van der Waals surface area contributed by atoms with E-state index in [0.29, 0.717) is 5.52 Å². The molecule has 1 heterocycles. The molecule has 0 N–H and O–H groups in total. The van der Waals surface area contributed by atoms with Gasteiger partial charge in [0.25, 0.3) is 0 Å². The minimum Gasteiger partial charge on any atom is -0.493 e. The fourth-order valence-electron chi connectivity index (χ4n) is 1.44. The van der Waals surface area contributed by atoms with Crippen LogP contribution in [0.2, 0.25) is 0 Å². The van der Waals surface area contributed by atoms with Crippen molar-refractivity contribution in [3.05, 3.63) is 16.9 Å². The number of aromatic nitrogens is 1. The highest BCUT2D eigenvalue weighted by Crippen LogP contribution is 2.37. The van der Waals surface area contributed by atoms with Gasteiger partial charge in [-0.25, -0.2) is 4.98 Å². The first-order valence-corrected chi connectivity index (χ1v) is 6.16. The number of thiazole rings is 1. The van der Waals surface area contributed by atoms with Crippen molar-refractivity contribution in [1.29, 1.82) is 0 Å². The summed E-state index contributed by atoms with van der Waals surface area (Å²) in [6.07, 6.45) is 0. The number of ether oxygens (including phenoxy) is 2.